The predicted molar refractivity (Wildman–Crippen MR) is 109 cm³/mol. The van der Waals surface area contributed by atoms with Crippen LogP contribution in [0.5, 0.6) is 0 Å². The minimum atomic E-state index is -0.153. The van der Waals surface area contributed by atoms with Gasteiger partial charge in [-0.3, -0.25) is 19.3 Å². The first kappa shape index (κ1) is 19.9. The molecule has 29 heavy (non-hydrogen) atoms. The molecule has 8 heteroatoms. The highest BCUT2D eigenvalue weighted by atomic mass is 16.2. The Morgan fingerprint density at radius 1 is 1.14 bits per heavy atom. The van der Waals surface area contributed by atoms with Gasteiger partial charge in [-0.15, -0.1) is 0 Å². The van der Waals surface area contributed by atoms with Crippen LogP contribution in [0.25, 0.3) is 0 Å². The number of guanidine groups is 1. The number of nitrogens with one attached hydrogen (secondary N) is 2. The molecule has 4 aliphatic rings. The van der Waals surface area contributed by atoms with E-state index in [9.17, 15) is 14.4 Å². The molecule has 4 rings (SSSR count). The molecule has 0 aromatic rings. The normalized spacial score (nSPS) is 31.0. The molecular formula is C21H31N5O3. The van der Waals surface area contributed by atoms with Crippen molar-refractivity contribution in [2.24, 2.45) is 28.7 Å². The van der Waals surface area contributed by atoms with Crippen LogP contribution >= 0.6 is 0 Å². The van der Waals surface area contributed by atoms with Gasteiger partial charge in [-0.1, -0.05) is 25.0 Å². The molecule has 1 heterocycles. The second kappa shape index (κ2) is 8.16. The minimum Gasteiger partial charge on any atom is -0.355 e. The highest BCUT2D eigenvalue weighted by molar-refractivity contribution is 6.06. The minimum absolute atomic E-state index is 0.0244. The van der Waals surface area contributed by atoms with Crippen LogP contribution in [0.3, 0.4) is 0 Å². The lowest BCUT2D eigenvalue weighted by Crippen LogP contribution is -2.46. The molecule has 2 N–H and O–H groups in total. The van der Waals surface area contributed by atoms with E-state index in [1.54, 1.807) is 14.1 Å². The van der Waals surface area contributed by atoms with Crippen LogP contribution in [0.2, 0.25) is 0 Å². The third kappa shape index (κ3) is 3.89. The Bertz CT molecular complexity index is 711. The standard InChI is InChI=1S/C21H31N5O3/c1-25(2)16(27)12-23-21(24-15-5-3-4-6-15)22-9-10-26-19(28)17-13-7-8-14(11-13)18(17)20(26)29/h7-8,13-15,17-18H,3-6,9-12H2,1-2H3,(H2,22,23,24). The number of likely N-dealkylation sites (tertiary alicyclic amines) is 1. The number of hydrogen-bond acceptors (Lipinski definition) is 4. The topological polar surface area (TPSA) is 94.1 Å². The Balaban J connectivity index is 1.33. The Kier molecular flexibility index (Phi) is 5.61. The highest BCUT2D eigenvalue weighted by Crippen LogP contribution is 2.52. The van der Waals surface area contributed by atoms with Crippen molar-refractivity contribution in [1.82, 2.24) is 20.4 Å². The molecule has 1 aliphatic heterocycles. The van der Waals surface area contributed by atoms with Gasteiger partial charge in [0.15, 0.2) is 5.96 Å². The summed E-state index contributed by atoms with van der Waals surface area (Å²) in [5.74, 6) is 0.619. The molecule has 1 saturated heterocycles. The van der Waals surface area contributed by atoms with Crippen molar-refractivity contribution in [3.05, 3.63) is 12.2 Å². The van der Waals surface area contributed by atoms with Crippen LogP contribution in [-0.4, -0.2) is 73.3 Å². The lowest BCUT2D eigenvalue weighted by Gasteiger charge is -2.21. The van der Waals surface area contributed by atoms with E-state index in [-0.39, 0.29) is 47.9 Å². The molecule has 4 unspecified atom stereocenters. The van der Waals surface area contributed by atoms with Crippen LogP contribution < -0.4 is 10.6 Å². The summed E-state index contributed by atoms with van der Waals surface area (Å²) in [6, 6.07) is 0.354. The molecule has 158 valence electrons. The Hall–Kier alpha value is -2.38. The summed E-state index contributed by atoms with van der Waals surface area (Å²) in [4.78, 5) is 44.8. The number of hydrogen-bond donors (Lipinski definition) is 2. The van der Waals surface area contributed by atoms with Gasteiger partial charge >= 0.3 is 0 Å². The van der Waals surface area contributed by atoms with E-state index < -0.39 is 0 Å². The molecule has 3 aliphatic carbocycles. The number of aliphatic imine (C=N–C) groups is 1. The maximum Gasteiger partial charge on any atom is 0.243 e. The van der Waals surface area contributed by atoms with E-state index in [0.717, 1.165) is 19.3 Å². The lowest BCUT2D eigenvalue weighted by atomic mass is 9.85. The van der Waals surface area contributed by atoms with Crippen molar-refractivity contribution in [3.63, 3.8) is 0 Å². The Morgan fingerprint density at radius 3 is 2.34 bits per heavy atom. The first-order chi connectivity index (χ1) is 14.0. The zero-order chi connectivity index (χ0) is 20.5. The SMILES string of the molecule is CN(C)C(=O)CN=C(NCCN1C(=O)C2C3C=CC(C3)C2C1=O)NC1CCCC1. The van der Waals surface area contributed by atoms with Crippen molar-refractivity contribution < 1.29 is 14.4 Å². The predicted octanol–water partition coefficient (Wildman–Crippen LogP) is 0.360. The van der Waals surface area contributed by atoms with Gasteiger partial charge < -0.3 is 15.5 Å². The van der Waals surface area contributed by atoms with Gasteiger partial charge in [-0.05, 0) is 31.1 Å². The molecular weight excluding hydrogens is 370 g/mol. The van der Waals surface area contributed by atoms with Gasteiger partial charge in [-0.2, -0.15) is 0 Å². The van der Waals surface area contributed by atoms with Crippen LogP contribution in [0.15, 0.2) is 17.1 Å². The molecule has 3 fully saturated rings. The van der Waals surface area contributed by atoms with E-state index in [1.807, 2.05) is 0 Å². The van der Waals surface area contributed by atoms with Gasteiger partial charge in [0.1, 0.15) is 6.54 Å². The van der Waals surface area contributed by atoms with Crippen molar-refractivity contribution in [2.45, 2.75) is 38.1 Å². The maximum absolute atomic E-state index is 12.8. The Morgan fingerprint density at radius 2 is 1.76 bits per heavy atom. The van der Waals surface area contributed by atoms with Gasteiger partial charge in [0.25, 0.3) is 0 Å². The van der Waals surface area contributed by atoms with Gasteiger partial charge in [0.05, 0.1) is 11.8 Å². The third-order valence-corrected chi connectivity index (χ3v) is 6.76. The molecule has 0 spiro atoms. The van der Waals surface area contributed by atoms with Gasteiger partial charge in [-0.25, -0.2) is 4.99 Å². The molecule has 0 aromatic heterocycles. The van der Waals surface area contributed by atoms with Gasteiger partial charge in [0.2, 0.25) is 17.7 Å². The van der Waals surface area contributed by atoms with Gasteiger partial charge in [0, 0.05) is 33.2 Å². The fraction of sp³-hybridized carbons (Fsp3) is 0.714. The molecule has 2 saturated carbocycles. The third-order valence-electron chi connectivity index (χ3n) is 6.76. The number of carbonyl (C=O) groups is 3. The largest absolute Gasteiger partial charge is 0.355 e. The summed E-state index contributed by atoms with van der Waals surface area (Å²) in [6.07, 6.45) is 9.72. The van der Waals surface area contributed by atoms with Crippen molar-refractivity contribution in [3.8, 4) is 0 Å². The fourth-order valence-corrected chi connectivity index (χ4v) is 5.17. The molecule has 2 bridgehead atoms. The second-order valence-electron chi connectivity index (χ2n) is 8.83. The Labute approximate surface area is 171 Å². The highest BCUT2D eigenvalue weighted by Gasteiger charge is 2.58. The maximum atomic E-state index is 12.8. The average Bonchev–Trinajstić information content (AvgIpc) is 3.47. The summed E-state index contributed by atoms with van der Waals surface area (Å²) in [5.41, 5.74) is 0. The summed E-state index contributed by atoms with van der Waals surface area (Å²) >= 11 is 0. The molecule has 4 atom stereocenters. The number of allylic oxidation sites excluding steroid dienone is 2. The summed E-state index contributed by atoms with van der Waals surface area (Å²) < 4.78 is 0. The molecule has 0 aromatic carbocycles. The van der Waals surface area contributed by atoms with Crippen LogP contribution in [-0.2, 0) is 14.4 Å². The lowest BCUT2D eigenvalue weighted by molar-refractivity contribution is -0.140. The quantitative estimate of drug-likeness (QED) is 0.290. The van der Waals surface area contributed by atoms with E-state index in [1.165, 1.54) is 22.6 Å². The summed E-state index contributed by atoms with van der Waals surface area (Å²) in [6.45, 7) is 0.821. The summed E-state index contributed by atoms with van der Waals surface area (Å²) in [7, 11) is 3.41. The molecule has 8 nitrogen and oxygen atoms in total. The number of carbonyl (C=O) groups excluding carboxylic acids is 3. The first-order valence-corrected chi connectivity index (χ1v) is 10.7. The van der Waals surface area contributed by atoms with Crippen molar-refractivity contribution in [1.29, 1.82) is 0 Å². The fourth-order valence-electron chi connectivity index (χ4n) is 5.17. The number of imide groups is 1. The monoisotopic (exact) mass is 401 g/mol. The second-order valence-corrected chi connectivity index (χ2v) is 8.83. The van der Waals surface area contributed by atoms with Crippen LogP contribution in [0.1, 0.15) is 32.1 Å². The zero-order valence-electron chi connectivity index (χ0n) is 17.3. The number of nitrogens with zero attached hydrogens (tertiary/aromatic N) is 3. The average molecular weight is 402 g/mol. The number of fused-ring (bicyclic) bond motifs is 5. The van der Waals surface area contributed by atoms with Crippen LogP contribution in [0, 0.1) is 23.7 Å². The molecule has 3 amide bonds. The van der Waals surface area contributed by atoms with E-state index in [2.05, 4.69) is 27.8 Å². The van der Waals surface area contributed by atoms with Crippen LogP contribution in [0.4, 0.5) is 0 Å². The van der Waals surface area contributed by atoms with E-state index in [4.69, 9.17) is 0 Å². The first-order valence-electron chi connectivity index (χ1n) is 10.7. The van der Waals surface area contributed by atoms with E-state index in [0.29, 0.717) is 25.1 Å². The number of likely N-dealkylation sites (N-methyl/N-ethyl adjacent to an activating group) is 1. The molecule has 0 radical (unpaired) electrons. The zero-order valence-corrected chi connectivity index (χ0v) is 17.3. The van der Waals surface area contributed by atoms with Crippen molar-refractivity contribution >= 4 is 23.7 Å². The smallest absolute Gasteiger partial charge is 0.243 e. The number of rotatable bonds is 6. The summed E-state index contributed by atoms with van der Waals surface area (Å²) in [5, 5.41) is 6.61. The van der Waals surface area contributed by atoms with E-state index >= 15 is 0 Å². The number of amides is 3. The van der Waals surface area contributed by atoms with Crippen molar-refractivity contribution in [2.75, 3.05) is 33.7 Å².